The van der Waals surface area contributed by atoms with Crippen LogP contribution in [0.2, 0.25) is 0 Å². The fourth-order valence-electron chi connectivity index (χ4n) is 2.47. The van der Waals surface area contributed by atoms with Crippen LogP contribution in [0.4, 0.5) is 14.5 Å². The Morgan fingerprint density at radius 3 is 2.67 bits per heavy atom. The van der Waals surface area contributed by atoms with Gasteiger partial charge in [0.1, 0.15) is 17.3 Å². The summed E-state index contributed by atoms with van der Waals surface area (Å²) in [5.74, 6) is 1.01. The number of hydrogen-bond acceptors (Lipinski definition) is 4. The molecule has 118 valence electrons. The first-order valence-corrected chi connectivity index (χ1v) is 8.27. The third-order valence-electron chi connectivity index (χ3n) is 3.69. The molecule has 21 heavy (non-hydrogen) atoms. The van der Waals surface area contributed by atoms with Gasteiger partial charge < -0.3 is 15.0 Å². The predicted molar refractivity (Wildman–Crippen MR) is 84.1 cm³/mol. The number of ether oxygens (including phenoxy) is 1. The molecular formula is C15H22F2N2OS. The lowest BCUT2D eigenvalue weighted by atomic mass is 10.1. The molecule has 1 unspecified atom stereocenters. The largest absolute Gasteiger partial charge is 0.383 e. The number of nitrogens with one attached hydrogen (secondary N) is 1. The van der Waals surface area contributed by atoms with Crippen molar-refractivity contribution in [1.82, 2.24) is 5.32 Å². The molecule has 1 fully saturated rings. The molecule has 1 aromatic rings. The van der Waals surface area contributed by atoms with Crippen LogP contribution < -0.4 is 10.2 Å². The number of methoxy groups -OCH3 is 1. The summed E-state index contributed by atoms with van der Waals surface area (Å²) in [6.07, 6.45) is 0.973. The summed E-state index contributed by atoms with van der Waals surface area (Å²) in [4.78, 5) is 1.74. The molecule has 6 heteroatoms. The Bertz CT molecular complexity index is 444. The summed E-state index contributed by atoms with van der Waals surface area (Å²) >= 11 is 1.83. The number of hydrogen-bond donors (Lipinski definition) is 1. The third-order valence-corrected chi connectivity index (χ3v) is 4.84. The van der Waals surface area contributed by atoms with Gasteiger partial charge in [0.2, 0.25) is 0 Å². The number of rotatable bonds is 7. The number of thioether (sulfide) groups is 1. The number of anilines is 1. The van der Waals surface area contributed by atoms with E-state index in [0.29, 0.717) is 25.3 Å². The molecule has 1 saturated heterocycles. The number of benzene rings is 1. The van der Waals surface area contributed by atoms with Crippen molar-refractivity contribution in [3.05, 3.63) is 29.3 Å². The van der Waals surface area contributed by atoms with E-state index in [0.717, 1.165) is 17.9 Å². The van der Waals surface area contributed by atoms with Gasteiger partial charge in [-0.25, -0.2) is 8.78 Å². The first-order valence-electron chi connectivity index (χ1n) is 7.11. The molecule has 0 spiro atoms. The molecule has 0 saturated carbocycles. The van der Waals surface area contributed by atoms with Crippen LogP contribution in [0, 0.1) is 11.6 Å². The maximum atomic E-state index is 14.2. The van der Waals surface area contributed by atoms with Crippen LogP contribution >= 0.6 is 11.8 Å². The van der Waals surface area contributed by atoms with Crippen LogP contribution in [-0.2, 0) is 11.3 Å². The summed E-state index contributed by atoms with van der Waals surface area (Å²) in [5.41, 5.74) is 0.696. The van der Waals surface area contributed by atoms with Crippen LogP contribution in [0.15, 0.2) is 12.1 Å². The first-order chi connectivity index (χ1) is 10.1. The van der Waals surface area contributed by atoms with Gasteiger partial charge in [0.25, 0.3) is 0 Å². The van der Waals surface area contributed by atoms with Crippen molar-refractivity contribution < 1.29 is 13.5 Å². The average Bonchev–Trinajstić information content (AvgIpc) is 2.97. The molecule has 0 amide bonds. The van der Waals surface area contributed by atoms with E-state index < -0.39 is 11.6 Å². The topological polar surface area (TPSA) is 24.5 Å². The van der Waals surface area contributed by atoms with Crippen molar-refractivity contribution in [2.45, 2.75) is 19.0 Å². The van der Waals surface area contributed by atoms with Crippen LogP contribution in [0.1, 0.15) is 12.0 Å². The van der Waals surface area contributed by atoms with E-state index in [9.17, 15) is 8.78 Å². The maximum Gasteiger partial charge on any atom is 0.149 e. The SMILES string of the molecule is COCCNCc1cc(F)c(N(C)C2CCSC2)c(F)c1. The van der Waals surface area contributed by atoms with E-state index in [-0.39, 0.29) is 11.7 Å². The van der Waals surface area contributed by atoms with Crippen molar-refractivity contribution in [2.75, 3.05) is 43.7 Å². The highest BCUT2D eigenvalue weighted by atomic mass is 32.2. The van der Waals surface area contributed by atoms with Gasteiger partial charge in [-0.2, -0.15) is 11.8 Å². The fraction of sp³-hybridized carbons (Fsp3) is 0.600. The Labute approximate surface area is 129 Å². The summed E-state index contributed by atoms with van der Waals surface area (Å²) in [7, 11) is 3.39. The van der Waals surface area contributed by atoms with E-state index >= 15 is 0 Å². The summed E-state index contributed by atoms with van der Waals surface area (Å²) in [6, 6.07) is 3.04. The highest BCUT2D eigenvalue weighted by Crippen LogP contribution is 2.30. The van der Waals surface area contributed by atoms with Crippen LogP contribution in [0.25, 0.3) is 0 Å². The Morgan fingerprint density at radius 1 is 1.38 bits per heavy atom. The summed E-state index contributed by atoms with van der Waals surface area (Å²) in [5, 5.41) is 3.09. The second-order valence-electron chi connectivity index (χ2n) is 5.21. The highest BCUT2D eigenvalue weighted by molar-refractivity contribution is 7.99. The van der Waals surface area contributed by atoms with Crippen molar-refractivity contribution >= 4 is 17.4 Å². The molecule has 3 nitrogen and oxygen atoms in total. The molecule has 0 radical (unpaired) electrons. The molecule has 0 aliphatic carbocycles. The summed E-state index contributed by atoms with van der Waals surface area (Å²) < 4.78 is 33.4. The quantitative estimate of drug-likeness (QED) is 0.782. The van der Waals surface area contributed by atoms with E-state index in [2.05, 4.69) is 5.32 Å². The normalized spacial score (nSPS) is 18.2. The van der Waals surface area contributed by atoms with Crippen LogP contribution in [-0.4, -0.2) is 44.9 Å². The monoisotopic (exact) mass is 316 g/mol. The molecule has 1 N–H and O–H groups in total. The molecule has 1 aliphatic rings. The van der Waals surface area contributed by atoms with Gasteiger partial charge in [-0.1, -0.05) is 0 Å². The molecule has 1 heterocycles. The number of nitrogens with zero attached hydrogens (tertiary/aromatic N) is 1. The second kappa shape index (κ2) is 7.96. The van der Waals surface area contributed by atoms with E-state index in [4.69, 9.17) is 4.74 Å². The zero-order valence-corrected chi connectivity index (χ0v) is 13.3. The van der Waals surface area contributed by atoms with Gasteiger partial charge in [-0.15, -0.1) is 0 Å². The lowest BCUT2D eigenvalue weighted by molar-refractivity contribution is 0.199. The van der Waals surface area contributed by atoms with Gasteiger partial charge in [0, 0.05) is 39.0 Å². The summed E-state index contributed by atoms with van der Waals surface area (Å²) in [6.45, 7) is 1.66. The van der Waals surface area contributed by atoms with Crippen molar-refractivity contribution in [3.63, 3.8) is 0 Å². The Morgan fingerprint density at radius 2 is 2.10 bits per heavy atom. The average molecular weight is 316 g/mol. The standard InChI is InChI=1S/C15H22F2N2OS/c1-19(12-3-6-21-10-12)15-13(16)7-11(8-14(15)17)9-18-4-5-20-2/h7-8,12,18H,3-6,9-10H2,1-2H3. The smallest absolute Gasteiger partial charge is 0.149 e. The first kappa shape index (κ1) is 16.5. The second-order valence-corrected chi connectivity index (χ2v) is 6.36. The molecule has 0 aromatic heterocycles. The zero-order valence-electron chi connectivity index (χ0n) is 12.5. The zero-order chi connectivity index (χ0) is 15.2. The van der Waals surface area contributed by atoms with Crippen LogP contribution in [0.5, 0.6) is 0 Å². The fourth-order valence-corrected chi connectivity index (χ4v) is 3.74. The molecule has 0 bridgehead atoms. The molecule has 1 aliphatic heterocycles. The van der Waals surface area contributed by atoms with Gasteiger partial charge in [0.05, 0.1) is 6.61 Å². The molecule has 1 aromatic carbocycles. The van der Waals surface area contributed by atoms with Crippen molar-refractivity contribution in [1.29, 1.82) is 0 Å². The van der Waals surface area contributed by atoms with E-state index in [1.165, 1.54) is 12.1 Å². The molecule has 2 rings (SSSR count). The van der Waals surface area contributed by atoms with Gasteiger partial charge in [-0.3, -0.25) is 0 Å². The van der Waals surface area contributed by atoms with E-state index in [1.54, 1.807) is 19.1 Å². The maximum absolute atomic E-state index is 14.2. The molecule has 1 atom stereocenters. The predicted octanol–water partition coefficient (Wildman–Crippen LogP) is 2.64. The van der Waals surface area contributed by atoms with Gasteiger partial charge >= 0.3 is 0 Å². The number of halogens is 2. The lowest BCUT2D eigenvalue weighted by Gasteiger charge is -2.27. The highest BCUT2D eigenvalue weighted by Gasteiger charge is 2.25. The van der Waals surface area contributed by atoms with E-state index in [1.807, 2.05) is 11.8 Å². The van der Waals surface area contributed by atoms with Crippen LogP contribution in [0.3, 0.4) is 0 Å². The third kappa shape index (κ3) is 4.31. The van der Waals surface area contributed by atoms with Gasteiger partial charge in [-0.05, 0) is 29.9 Å². The van der Waals surface area contributed by atoms with Gasteiger partial charge in [0.15, 0.2) is 0 Å². The molecular weight excluding hydrogens is 294 g/mol. The Hall–Kier alpha value is -0.850. The minimum atomic E-state index is -0.488. The Kier molecular flexibility index (Phi) is 6.26. The minimum absolute atomic E-state index is 0.0862. The Balaban J connectivity index is 2.05. The van der Waals surface area contributed by atoms with Crippen molar-refractivity contribution in [3.8, 4) is 0 Å². The minimum Gasteiger partial charge on any atom is -0.383 e. The van der Waals surface area contributed by atoms with Crippen molar-refractivity contribution in [2.24, 2.45) is 0 Å². The lowest BCUT2D eigenvalue weighted by Crippen LogP contribution is -2.32.